The summed E-state index contributed by atoms with van der Waals surface area (Å²) in [4.78, 5) is 8.57. The first-order valence-electron chi connectivity index (χ1n) is 4.94. The van der Waals surface area contributed by atoms with Gasteiger partial charge in [-0.1, -0.05) is 18.2 Å². The Bertz CT molecular complexity index is 599. The highest BCUT2D eigenvalue weighted by Crippen LogP contribution is 2.25. The Hall–Kier alpha value is -1.94. The smallest absolute Gasteiger partial charge is 0.187 e. The zero-order valence-corrected chi connectivity index (χ0v) is 9.24. The summed E-state index contributed by atoms with van der Waals surface area (Å²) in [7, 11) is 0. The van der Waals surface area contributed by atoms with Crippen molar-refractivity contribution in [1.82, 2.24) is 9.97 Å². The van der Waals surface area contributed by atoms with Crippen LogP contribution in [0.4, 0.5) is 10.8 Å². The third-order valence-electron chi connectivity index (χ3n) is 2.31. The highest BCUT2D eigenvalue weighted by molar-refractivity contribution is 7.13. The Balaban J connectivity index is 2.10. The SMILES string of the molecule is c1cnc2c(Nc3nccs3)cccc2c1. The lowest BCUT2D eigenvalue weighted by molar-refractivity contribution is 1.37. The minimum atomic E-state index is 0.887. The van der Waals surface area contributed by atoms with Crippen molar-refractivity contribution in [2.45, 2.75) is 0 Å². The molecule has 1 N–H and O–H groups in total. The number of benzene rings is 1. The molecule has 3 nitrogen and oxygen atoms in total. The molecule has 0 aliphatic rings. The van der Waals surface area contributed by atoms with Crippen LogP contribution in [0.15, 0.2) is 48.1 Å². The van der Waals surface area contributed by atoms with Crippen molar-refractivity contribution in [2.24, 2.45) is 0 Å². The van der Waals surface area contributed by atoms with Crippen LogP contribution in [-0.2, 0) is 0 Å². The predicted molar refractivity (Wildman–Crippen MR) is 67.1 cm³/mol. The van der Waals surface area contributed by atoms with Gasteiger partial charge in [-0.25, -0.2) is 4.98 Å². The van der Waals surface area contributed by atoms with Gasteiger partial charge < -0.3 is 5.32 Å². The van der Waals surface area contributed by atoms with E-state index >= 15 is 0 Å². The average Bonchev–Trinajstić information content (AvgIpc) is 2.82. The highest BCUT2D eigenvalue weighted by atomic mass is 32.1. The summed E-state index contributed by atoms with van der Waals surface area (Å²) in [6, 6.07) is 10.1. The number of nitrogens with one attached hydrogen (secondary N) is 1. The number of pyridine rings is 1. The number of fused-ring (bicyclic) bond motifs is 1. The Morgan fingerprint density at radius 2 is 1.94 bits per heavy atom. The van der Waals surface area contributed by atoms with Crippen molar-refractivity contribution in [1.29, 1.82) is 0 Å². The largest absolute Gasteiger partial charge is 0.330 e. The van der Waals surface area contributed by atoms with Gasteiger partial charge in [0.05, 0.1) is 11.2 Å². The molecule has 1 aromatic carbocycles. The number of aromatic nitrogens is 2. The molecule has 0 saturated heterocycles. The van der Waals surface area contributed by atoms with Gasteiger partial charge in [0.2, 0.25) is 0 Å². The van der Waals surface area contributed by atoms with E-state index in [0.717, 1.165) is 21.7 Å². The molecule has 0 unspecified atom stereocenters. The zero-order valence-electron chi connectivity index (χ0n) is 8.42. The molecule has 2 aromatic heterocycles. The van der Waals surface area contributed by atoms with Gasteiger partial charge in [-0.05, 0) is 12.1 Å². The maximum Gasteiger partial charge on any atom is 0.187 e. The van der Waals surface area contributed by atoms with E-state index in [1.165, 1.54) is 0 Å². The maximum atomic E-state index is 4.38. The molecule has 0 aliphatic heterocycles. The molecule has 0 spiro atoms. The normalized spacial score (nSPS) is 10.5. The van der Waals surface area contributed by atoms with Crippen molar-refractivity contribution in [3.8, 4) is 0 Å². The van der Waals surface area contributed by atoms with Gasteiger partial charge in [-0.2, -0.15) is 0 Å². The predicted octanol–water partition coefficient (Wildman–Crippen LogP) is 3.43. The monoisotopic (exact) mass is 227 g/mol. The first-order valence-corrected chi connectivity index (χ1v) is 5.82. The molecule has 16 heavy (non-hydrogen) atoms. The average molecular weight is 227 g/mol. The van der Waals surface area contributed by atoms with Crippen LogP contribution in [-0.4, -0.2) is 9.97 Å². The van der Waals surface area contributed by atoms with Crippen molar-refractivity contribution < 1.29 is 0 Å². The molecule has 3 rings (SSSR count). The van der Waals surface area contributed by atoms with Crippen LogP contribution in [0, 0.1) is 0 Å². The quantitative estimate of drug-likeness (QED) is 0.728. The van der Waals surface area contributed by atoms with E-state index in [-0.39, 0.29) is 0 Å². The number of thiazole rings is 1. The molecule has 78 valence electrons. The van der Waals surface area contributed by atoms with Crippen LogP contribution in [0.2, 0.25) is 0 Å². The van der Waals surface area contributed by atoms with Crippen LogP contribution in [0.1, 0.15) is 0 Å². The van der Waals surface area contributed by atoms with E-state index in [1.807, 2.05) is 23.6 Å². The number of rotatable bonds is 2. The van der Waals surface area contributed by atoms with Gasteiger partial charge in [0, 0.05) is 23.2 Å². The van der Waals surface area contributed by atoms with Gasteiger partial charge in [-0.15, -0.1) is 11.3 Å². The Morgan fingerprint density at radius 1 is 1.00 bits per heavy atom. The summed E-state index contributed by atoms with van der Waals surface area (Å²) in [5, 5.41) is 7.23. The first-order chi connectivity index (χ1) is 7.93. The highest BCUT2D eigenvalue weighted by Gasteiger charge is 2.02. The first kappa shape index (κ1) is 9.30. The van der Waals surface area contributed by atoms with E-state index in [2.05, 4.69) is 27.4 Å². The van der Waals surface area contributed by atoms with Gasteiger partial charge in [0.25, 0.3) is 0 Å². The zero-order chi connectivity index (χ0) is 10.8. The molecule has 0 saturated carbocycles. The van der Waals surface area contributed by atoms with Crippen LogP contribution in [0.25, 0.3) is 10.9 Å². The van der Waals surface area contributed by atoms with E-state index in [0.29, 0.717) is 0 Å². The van der Waals surface area contributed by atoms with E-state index in [4.69, 9.17) is 0 Å². The minimum Gasteiger partial charge on any atom is -0.330 e. The molecular weight excluding hydrogens is 218 g/mol. The summed E-state index contributed by atoms with van der Waals surface area (Å²) in [5.41, 5.74) is 1.97. The van der Waals surface area contributed by atoms with Crippen LogP contribution >= 0.6 is 11.3 Å². The molecule has 0 amide bonds. The lowest BCUT2D eigenvalue weighted by Gasteiger charge is -2.05. The fourth-order valence-electron chi connectivity index (χ4n) is 1.61. The summed E-state index contributed by atoms with van der Waals surface area (Å²) >= 11 is 1.58. The van der Waals surface area contributed by atoms with Crippen LogP contribution in [0.5, 0.6) is 0 Å². The van der Waals surface area contributed by atoms with Crippen molar-refractivity contribution >= 4 is 33.1 Å². The summed E-state index contributed by atoms with van der Waals surface area (Å²) < 4.78 is 0. The minimum absolute atomic E-state index is 0.887. The molecule has 4 heteroatoms. The molecule has 0 bridgehead atoms. The molecule has 0 fully saturated rings. The standard InChI is InChI=1S/C12H9N3S/c1-3-9-4-2-6-13-11(9)10(5-1)15-12-14-7-8-16-12/h1-8H,(H,14,15). The second-order valence-electron chi connectivity index (χ2n) is 3.34. The molecule has 0 radical (unpaired) electrons. The number of para-hydroxylation sites is 1. The lowest BCUT2D eigenvalue weighted by atomic mass is 10.2. The van der Waals surface area contributed by atoms with Crippen LogP contribution in [0.3, 0.4) is 0 Å². The number of hydrogen-bond acceptors (Lipinski definition) is 4. The van der Waals surface area contributed by atoms with Crippen LogP contribution < -0.4 is 5.32 Å². The van der Waals surface area contributed by atoms with Crippen molar-refractivity contribution in [3.63, 3.8) is 0 Å². The van der Waals surface area contributed by atoms with Gasteiger partial charge in [0.15, 0.2) is 5.13 Å². The second-order valence-corrected chi connectivity index (χ2v) is 4.24. The molecule has 2 heterocycles. The summed E-state index contributed by atoms with van der Waals surface area (Å²) in [6.07, 6.45) is 3.58. The van der Waals surface area contributed by atoms with Gasteiger partial charge in [0.1, 0.15) is 0 Å². The molecular formula is C12H9N3S. The van der Waals surface area contributed by atoms with E-state index in [9.17, 15) is 0 Å². The van der Waals surface area contributed by atoms with E-state index in [1.54, 1.807) is 23.7 Å². The molecule has 3 aromatic rings. The van der Waals surface area contributed by atoms with E-state index < -0.39 is 0 Å². The number of anilines is 2. The summed E-state index contributed by atoms with van der Waals surface area (Å²) in [6.45, 7) is 0. The lowest BCUT2D eigenvalue weighted by Crippen LogP contribution is -1.91. The molecule has 0 aliphatic carbocycles. The Morgan fingerprint density at radius 3 is 2.81 bits per heavy atom. The fourth-order valence-corrected chi connectivity index (χ4v) is 2.15. The van der Waals surface area contributed by atoms with Crippen molar-refractivity contribution in [3.05, 3.63) is 48.1 Å². The van der Waals surface area contributed by atoms with Crippen molar-refractivity contribution in [2.75, 3.05) is 5.32 Å². The Kier molecular flexibility index (Phi) is 2.27. The second kappa shape index (κ2) is 3.90. The topological polar surface area (TPSA) is 37.8 Å². The number of nitrogens with zero attached hydrogens (tertiary/aromatic N) is 2. The third-order valence-corrected chi connectivity index (χ3v) is 3.00. The number of hydrogen-bond donors (Lipinski definition) is 1. The van der Waals surface area contributed by atoms with Gasteiger partial charge in [-0.3, -0.25) is 4.98 Å². The third kappa shape index (κ3) is 1.63. The fraction of sp³-hybridized carbons (Fsp3) is 0. The van der Waals surface area contributed by atoms with Gasteiger partial charge >= 0.3 is 0 Å². The Labute approximate surface area is 96.8 Å². The summed E-state index contributed by atoms with van der Waals surface area (Å²) in [5.74, 6) is 0. The maximum absolute atomic E-state index is 4.38. The molecule has 0 atom stereocenters.